The maximum Gasteiger partial charge on any atom is 0.304 e. The Morgan fingerprint density at radius 1 is 1.09 bits per heavy atom. The first kappa shape index (κ1) is 32.6. The van der Waals surface area contributed by atoms with Gasteiger partial charge < -0.3 is 14.6 Å². The third-order valence-corrected chi connectivity index (χ3v) is 10.1. The van der Waals surface area contributed by atoms with Crippen molar-refractivity contribution in [2.75, 3.05) is 13.1 Å². The summed E-state index contributed by atoms with van der Waals surface area (Å²) in [6, 6.07) is 19.7. The standard InChI is InChI=1S/C33H35Cl2FN2O5S/c1-33(19-30(39)40)18-27(24-6-4-7-26(35)17-24)31(23-11-13-25(34)14-12-23)38(32(33)41)29(22-9-10-22)20-37(44(42)43)16-15-21-5-2-3-8-28(21)36/h2-8,11-14,17,22,27,29,31H,9-10,15-16,18-20H2,1H3,(H,39,40)(H,42,43)/p-1. The van der Waals surface area contributed by atoms with E-state index in [0.29, 0.717) is 15.6 Å². The Hall–Kier alpha value is -2.82. The second-order valence-electron chi connectivity index (χ2n) is 12.1. The minimum atomic E-state index is -2.65. The van der Waals surface area contributed by atoms with E-state index in [9.17, 15) is 27.8 Å². The zero-order valence-electron chi connectivity index (χ0n) is 24.2. The predicted octanol–water partition coefficient (Wildman–Crippen LogP) is 6.79. The van der Waals surface area contributed by atoms with E-state index in [1.165, 1.54) is 10.4 Å². The highest BCUT2D eigenvalue weighted by Gasteiger charge is 2.54. The van der Waals surface area contributed by atoms with Crippen molar-refractivity contribution in [1.29, 1.82) is 0 Å². The summed E-state index contributed by atoms with van der Waals surface area (Å²) in [5.74, 6) is -2.17. The number of piperidine rings is 1. The molecule has 5 unspecified atom stereocenters. The third-order valence-electron chi connectivity index (χ3n) is 8.85. The van der Waals surface area contributed by atoms with Crippen molar-refractivity contribution in [2.24, 2.45) is 11.3 Å². The van der Waals surface area contributed by atoms with Crippen LogP contribution in [0.2, 0.25) is 10.0 Å². The molecule has 1 heterocycles. The molecule has 3 aromatic rings. The molecule has 5 atom stereocenters. The number of halogens is 3. The van der Waals surface area contributed by atoms with Crippen molar-refractivity contribution in [3.63, 3.8) is 0 Å². The SMILES string of the molecule is CC1(CC(=O)O)CC(c2cccc(Cl)c2)C(c2ccc(Cl)cc2)N(C(CN(CCc2ccccc2F)S(=O)[O-])C2CC2)C1=O. The van der Waals surface area contributed by atoms with Gasteiger partial charge in [-0.05, 0) is 78.6 Å². The van der Waals surface area contributed by atoms with E-state index < -0.39 is 40.6 Å². The van der Waals surface area contributed by atoms with E-state index in [4.69, 9.17) is 23.2 Å². The van der Waals surface area contributed by atoms with Crippen LogP contribution < -0.4 is 0 Å². The Kier molecular flexibility index (Phi) is 10.1. The number of carboxylic acids is 1. The number of aliphatic carboxylic acids is 1. The number of amides is 1. The summed E-state index contributed by atoms with van der Waals surface area (Å²) >= 11 is 10.0. The highest BCUT2D eigenvalue weighted by Crippen LogP contribution is 2.54. The van der Waals surface area contributed by atoms with Crippen molar-refractivity contribution in [1.82, 2.24) is 9.21 Å². The first-order chi connectivity index (χ1) is 21.0. The molecule has 234 valence electrons. The quantitative estimate of drug-likeness (QED) is 0.216. The molecule has 0 spiro atoms. The van der Waals surface area contributed by atoms with Crippen molar-refractivity contribution >= 4 is 46.3 Å². The highest BCUT2D eigenvalue weighted by atomic mass is 35.5. The third kappa shape index (κ3) is 7.35. The summed E-state index contributed by atoms with van der Waals surface area (Å²) in [5.41, 5.74) is 0.791. The number of benzene rings is 3. The lowest BCUT2D eigenvalue weighted by Gasteiger charge is -2.52. The minimum Gasteiger partial charge on any atom is -0.760 e. The normalized spacial score (nSPS) is 23.5. The molecule has 1 amide bonds. The van der Waals surface area contributed by atoms with Gasteiger partial charge in [0.25, 0.3) is 0 Å². The number of likely N-dealkylation sites (tertiary alicyclic amines) is 1. The number of carbonyl (C=O) groups is 2. The molecule has 0 bridgehead atoms. The van der Waals surface area contributed by atoms with Gasteiger partial charge in [-0.1, -0.05) is 72.6 Å². The maximum absolute atomic E-state index is 14.6. The summed E-state index contributed by atoms with van der Waals surface area (Å²) in [4.78, 5) is 28.5. The lowest BCUT2D eigenvalue weighted by Crippen LogP contribution is -2.59. The summed E-state index contributed by atoms with van der Waals surface area (Å²) in [5, 5.41) is 10.9. The molecular formula is C33H34Cl2FN2O5S-. The van der Waals surface area contributed by atoms with Gasteiger partial charge in [0, 0.05) is 46.4 Å². The Morgan fingerprint density at radius 3 is 2.41 bits per heavy atom. The van der Waals surface area contributed by atoms with Gasteiger partial charge in [-0.15, -0.1) is 0 Å². The number of rotatable bonds is 12. The smallest absolute Gasteiger partial charge is 0.304 e. The Labute approximate surface area is 269 Å². The van der Waals surface area contributed by atoms with Crippen LogP contribution in [-0.4, -0.2) is 54.1 Å². The molecule has 1 aliphatic carbocycles. The van der Waals surface area contributed by atoms with Gasteiger partial charge in [-0.2, -0.15) is 0 Å². The van der Waals surface area contributed by atoms with Gasteiger partial charge in [0.2, 0.25) is 5.91 Å². The van der Waals surface area contributed by atoms with Crippen LogP contribution in [0.1, 0.15) is 61.3 Å². The van der Waals surface area contributed by atoms with Gasteiger partial charge in [-0.3, -0.25) is 13.8 Å². The highest BCUT2D eigenvalue weighted by molar-refractivity contribution is 7.76. The van der Waals surface area contributed by atoms with E-state index in [2.05, 4.69) is 0 Å². The van der Waals surface area contributed by atoms with Gasteiger partial charge >= 0.3 is 5.97 Å². The van der Waals surface area contributed by atoms with Crippen molar-refractivity contribution in [3.8, 4) is 0 Å². The minimum absolute atomic E-state index is 0.00349. The maximum atomic E-state index is 14.6. The molecule has 1 saturated carbocycles. The van der Waals surface area contributed by atoms with Crippen molar-refractivity contribution in [2.45, 2.75) is 57.0 Å². The average molecular weight is 661 g/mol. The molecule has 2 aliphatic rings. The van der Waals surface area contributed by atoms with Crippen LogP contribution in [0, 0.1) is 17.2 Å². The fourth-order valence-corrected chi connectivity index (χ4v) is 7.41. The van der Waals surface area contributed by atoms with Gasteiger partial charge in [0.1, 0.15) is 5.82 Å². The van der Waals surface area contributed by atoms with Crippen LogP contribution in [0.4, 0.5) is 4.39 Å². The number of hydrogen-bond donors (Lipinski definition) is 1. The number of carbonyl (C=O) groups excluding carboxylic acids is 1. The van der Waals surface area contributed by atoms with E-state index in [1.54, 1.807) is 48.2 Å². The molecule has 1 N–H and O–H groups in total. The van der Waals surface area contributed by atoms with E-state index in [0.717, 1.165) is 24.0 Å². The first-order valence-electron chi connectivity index (χ1n) is 14.6. The largest absolute Gasteiger partial charge is 0.760 e. The Morgan fingerprint density at radius 2 is 1.80 bits per heavy atom. The summed E-state index contributed by atoms with van der Waals surface area (Å²) in [6.07, 6.45) is 1.63. The van der Waals surface area contributed by atoms with Gasteiger partial charge in [0.15, 0.2) is 0 Å². The molecular weight excluding hydrogens is 626 g/mol. The topological polar surface area (TPSA) is 101 Å². The van der Waals surface area contributed by atoms with Crippen LogP contribution in [0.3, 0.4) is 0 Å². The molecule has 11 heteroatoms. The molecule has 0 aromatic heterocycles. The molecule has 3 aromatic carbocycles. The molecule has 1 aliphatic heterocycles. The van der Waals surface area contributed by atoms with Crippen LogP contribution in [0.25, 0.3) is 0 Å². The average Bonchev–Trinajstić information content (AvgIpc) is 3.81. The second kappa shape index (κ2) is 13.7. The predicted molar refractivity (Wildman–Crippen MR) is 167 cm³/mol. The van der Waals surface area contributed by atoms with Gasteiger partial charge in [-0.25, -0.2) is 8.70 Å². The fraction of sp³-hybridized carbons (Fsp3) is 0.394. The molecule has 7 nitrogen and oxygen atoms in total. The van der Waals surface area contributed by atoms with Crippen LogP contribution in [-0.2, 0) is 27.3 Å². The van der Waals surface area contributed by atoms with Crippen molar-refractivity contribution < 1.29 is 27.8 Å². The van der Waals surface area contributed by atoms with E-state index in [1.807, 2.05) is 30.3 Å². The van der Waals surface area contributed by atoms with Crippen LogP contribution in [0.15, 0.2) is 72.8 Å². The number of hydrogen-bond acceptors (Lipinski definition) is 4. The Balaban J connectivity index is 1.59. The lowest BCUT2D eigenvalue weighted by atomic mass is 9.67. The molecule has 2 fully saturated rings. The fourth-order valence-electron chi connectivity index (χ4n) is 6.57. The molecule has 44 heavy (non-hydrogen) atoms. The van der Waals surface area contributed by atoms with E-state index >= 15 is 0 Å². The first-order valence-corrected chi connectivity index (χ1v) is 16.4. The van der Waals surface area contributed by atoms with Crippen LogP contribution in [0.5, 0.6) is 0 Å². The lowest BCUT2D eigenvalue weighted by molar-refractivity contribution is -0.161. The van der Waals surface area contributed by atoms with Gasteiger partial charge in [0.05, 0.1) is 17.9 Å². The Bertz CT molecular complexity index is 1540. The second-order valence-corrected chi connectivity index (χ2v) is 13.9. The molecule has 1 saturated heterocycles. The molecule has 0 radical (unpaired) electrons. The monoisotopic (exact) mass is 659 g/mol. The number of nitrogens with zero attached hydrogens (tertiary/aromatic N) is 2. The number of carboxylic acid groups (broad SMARTS) is 1. The molecule has 5 rings (SSSR count). The zero-order valence-corrected chi connectivity index (χ0v) is 26.5. The van der Waals surface area contributed by atoms with Crippen molar-refractivity contribution in [3.05, 3.63) is 105 Å². The van der Waals surface area contributed by atoms with E-state index in [-0.39, 0.29) is 50.1 Å². The zero-order chi connectivity index (χ0) is 31.6. The summed E-state index contributed by atoms with van der Waals surface area (Å²) in [7, 11) is 0. The van der Waals surface area contributed by atoms with Crippen LogP contribution >= 0.6 is 23.2 Å². The summed E-state index contributed by atoms with van der Waals surface area (Å²) < 4.78 is 40.7. The summed E-state index contributed by atoms with van der Waals surface area (Å²) in [6.45, 7) is 1.70.